The molecule has 5 heteroatoms. The van der Waals surface area contributed by atoms with Gasteiger partial charge < -0.3 is 5.73 Å². The number of nitrogens with two attached hydrogens (primary N) is 1. The van der Waals surface area contributed by atoms with Crippen LogP contribution in [0.1, 0.15) is 4.88 Å². The molecular formula is C10H9FN2S2. The van der Waals surface area contributed by atoms with Crippen molar-refractivity contribution in [2.75, 3.05) is 5.73 Å². The number of hydrogen-bond donors (Lipinski definition) is 1. The molecule has 0 bridgehead atoms. The Balaban J connectivity index is 2.02. The summed E-state index contributed by atoms with van der Waals surface area (Å²) in [4.78, 5) is 6.04. The maximum atomic E-state index is 13.1. The fourth-order valence-electron chi connectivity index (χ4n) is 1.07. The number of nitrogens with zero attached hydrogens (tertiary/aromatic N) is 1. The van der Waals surface area contributed by atoms with E-state index in [4.69, 9.17) is 5.73 Å². The lowest BCUT2D eigenvalue weighted by Gasteiger charge is -2.01. The standard InChI is InChI=1S/C10H9FN2S2/c11-9-3-7(1-2-10(9)12)14-5-8-4-13-6-15-8/h1-4,6H,5,12H2. The Morgan fingerprint density at radius 2 is 2.33 bits per heavy atom. The first-order valence-electron chi connectivity index (χ1n) is 4.31. The van der Waals surface area contributed by atoms with Gasteiger partial charge in [0.1, 0.15) is 5.82 Å². The molecule has 0 aliphatic carbocycles. The zero-order chi connectivity index (χ0) is 10.7. The SMILES string of the molecule is Nc1ccc(SCc2cncs2)cc1F. The van der Waals surface area contributed by atoms with Crippen LogP contribution in [0.4, 0.5) is 10.1 Å². The average Bonchev–Trinajstić information content (AvgIpc) is 2.73. The lowest BCUT2D eigenvalue weighted by atomic mass is 10.3. The van der Waals surface area contributed by atoms with Crippen LogP contribution in [0.3, 0.4) is 0 Å². The second-order valence-corrected chi connectivity index (χ2v) is 4.96. The van der Waals surface area contributed by atoms with E-state index in [2.05, 4.69) is 4.98 Å². The zero-order valence-electron chi connectivity index (χ0n) is 7.81. The van der Waals surface area contributed by atoms with Gasteiger partial charge in [-0.3, -0.25) is 4.98 Å². The molecular weight excluding hydrogens is 231 g/mol. The van der Waals surface area contributed by atoms with Crippen molar-refractivity contribution in [3.05, 3.63) is 40.6 Å². The minimum Gasteiger partial charge on any atom is -0.396 e. The van der Waals surface area contributed by atoms with Crippen molar-refractivity contribution in [2.45, 2.75) is 10.6 Å². The molecule has 2 N–H and O–H groups in total. The fourth-order valence-corrected chi connectivity index (χ4v) is 2.63. The molecule has 15 heavy (non-hydrogen) atoms. The molecule has 0 aliphatic rings. The predicted octanol–water partition coefficient (Wildman–Crippen LogP) is 3.16. The molecule has 78 valence electrons. The molecule has 0 unspecified atom stereocenters. The molecule has 1 heterocycles. The van der Waals surface area contributed by atoms with Gasteiger partial charge in [-0.05, 0) is 18.2 Å². The number of anilines is 1. The lowest BCUT2D eigenvalue weighted by molar-refractivity contribution is 0.629. The van der Waals surface area contributed by atoms with Gasteiger partial charge in [-0.25, -0.2) is 4.39 Å². The van der Waals surface area contributed by atoms with Gasteiger partial charge in [-0.1, -0.05) is 0 Å². The first-order chi connectivity index (χ1) is 7.25. The third-order valence-electron chi connectivity index (χ3n) is 1.84. The topological polar surface area (TPSA) is 38.9 Å². The third-order valence-corrected chi connectivity index (χ3v) is 3.84. The van der Waals surface area contributed by atoms with Crippen LogP contribution in [-0.4, -0.2) is 4.98 Å². The molecule has 0 saturated heterocycles. The molecule has 0 spiro atoms. The number of thiazole rings is 1. The van der Waals surface area contributed by atoms with E-state index in [9.17, 15) is 4.39 Å². The Labute approximate surface area is 95.3 Å². The summed E-state index contributed by atoms with van der Waals surface area (Å²) in [6.07, 6.45) is 1.82. The van der Waals surface area contributed by atoms with Gasteiger partial charge >= 0.3 is 0 Å². The number of hydrogen-bond acceptors (Lipinski definition) is 4. The number of halogens is 1. The molecule has 0 aliphatic heterocycles. The van der Waals surface area contributed by atoms with Gasteiger partial charge in [0.05, 0.1) is 11.2 Å². The first-order valence-corrected chi connectivity index (χ1v) is 6.17. The molecule has 0 fully saturated rings. The Bertz CT molecular complexity index is 443. The second kappa shape index (κ2) is 4.63. The first kappa shape index (κ1) is 10.4. The molecule has 0 saturated carbocycles. The summed E-state index contributed by atoms with van der Waals surface area (Å²) < 4.78 is 13.1. The summed E-state index contributed by atoms with van der Waals surface area (Å²) in [5.41, 5.74) is 7.37. The Hall–Kier alpha value is -1.07. The smallest absolute Gasteiger partial charge is 0.147 e. The summed E-state index contributed by atoms with van der Waals surface area (Å²) in [6, 6.07) is 4.87. The molecule has 2 aromatic rings. The monoisotopic (exact) mass is 240 g/mol. The van der Waals surface area contributed by atoms with Crippen molar-refractivity contribution < 1.29 is 4.39 Å². The van der Waals surface area contributed by atoms with Crippen LogP contribution in [-0.2, 0) is 5.75 Å². The molecule has 1 aromatic heterocycles. The molecule has 1 aromatic carbocycles. The second-order valence-electron chi connectivity index (χ2n) is 2.94. The van der Waals surface area contributed by atoms with Crippen LogP contribution in [0.15, 0.2) is 34.8 Å². The van der Waals surface area contributed by atoms with E-state index >= 15 is 0 Å². The quantitative estimate of drug-likeness (QED) is 0.661. The van der Waals surface area contributed by atoms with E-state index in [0.29, 0.717) is 0 Å². The number of aromatic nitrogens is 1. The summed E-state index contributed by atoms with van der Waals surface area (Å²) in [6.45, 7) is 0. The van der Waals surface area contributed by atoms with Crippen LogP contribution in [0.5, 0.6) is 0 Å². The fraction of sp³-hybridized carbons (Fsp3) is 0.100. The van der Waals surface area contributed by atoms with E-state index in [1.54, 1.807) is 34.7 Å². The number of thioether (sulfide) groups is 1. The number of benzene rings is 1. The van der Waals surface area contributed by atoms with Gasteiger partial charge in [0.25, 0.3) is 0 Å². The Kier molecular flexibility index (Phi) is 3.23. The van der Waals surface area contributed by atoms with E-state index < -0.39 is 0 Å². The van der Waals surface area contributed by atoms with Crippen molar-refractivity contribution in [1.29, 1.82) is 0 Å². The molecule has 0 radical (unpaired) electrons. The summed E-state index contributed by atoms with van der Waals surface area (Å²) in [5.74, 6) is 0.456. The Morgan fingerprint density at radius 3 is 3.00 bits per heavy atom. The number of rotatable bonds is 3. The largest absolute Gasteiger partial charge is 0.396 e. The van der Waals surface area contributed by atoms with Crippen molar-refractivity contribution in [3.8, 4) is 0 Å². The van der Waals surface area contributed by atoms with E-state index in [1.807, 2.05) is 12.3 Å². The van der Waals surface area contributed by atoms with Crippen LogP contribution in [0.2, 0.25) is 0 Å². The van der Waals surface area contributed by atoms with Gasteiger partial charge in [0.15, 0.2) is 0 Å². The van der Waals surface area contributed by atoms with Gasteiger partial charge in [0.2, 0.25) is 0 Å². The minimum atomic E-state index is -0.357. The predicted molar refractivity (Wildman–Crippen MR) is 62.5 cm³/mol. The van der Waals surface area contributed by atoms with Crippen LogP contribution < -0.4 is 5.73 Å². The highest BCUT2D eigenvalue weighted by Gasteiger charge is 2.01. The highest BCUT2D eigenvalue weighted by atomic mass is 32.2. The molecule has 2 nitrogen and oxygen atoms in total. The van der Waals surface area contributed by atoms with Crippen molar-refractivity contribution >= 4 is 28.8 Å². The van der Waals surface area contributed by atoms with Crippen molar-refractivity contribution in [3.63, 3.8) is 0 Å². The van der Waals surface area contributed by atoms with E-state index in [1.165, 1.54) is 10.9 Å². The van der Waals surface area contributed by atoms with Crippen molar-refractivity contribution in [2.24, 2.45) is 0 Å². The average molecular weight is 240 g/mol. The zero-order valence-corrected chi connectivity index (χ0v) is 9.45. The lowest BCUT2D eigenvalue weighted by Crippen LogP contribution is -1.89. The van der Waals surface area contributed by atoms with Gasteiger partial charge in [-0.2, -0.15) is 0 Å². The number of nitrogen functional groups attached to an aromatic ring is 1. The van der Waals surface area contributed by atoms with Crippen LogP contribution in [0, 0.1) is 5.82 Å². The molecule has 2 rings (SSSR count). The molecule has 0 amide bonds. The normalized spacial score (nSPS) is 10.5. The maximum absolute atomic E-state index is 13.1. The summed E-state index contributed by atoms with van der Waals surface area (Å²) >= 11 is 3.18. The Morgan fingerprint density at radius 1 is 1.47 bits per heavy atom. The van der Waals surface area contributed by atoms with Crippen molar-refractivity contribution in [1.82, 2.24) is 4.98 Å². The highest BCUT2D eigenvalue weighted by molar-refractivity contribution is 7.98. The van der Waals surface area contributed by atoms with Crippen LogP contribution >= 0.6 is 23.1 Å². The van der Waals surface area contributed by atoms with E-state index in [-0.39, 0.29) is 11.5 Å². The molecule has 0 atom stereocenters. The minimum absolute atomic E-state index is 0.192. The maximum Gasteiger partial charge on any atom is 0.147 e. The third kappa shape index (κ3) is 2.70. The van der Waals surface area contributed by atoms with Crippen LogP contribution in [0.25, 0.3) is 0 Å². The summed E-state index contributed by atoms with van der Waals surface area (Å²) in [7, 11) is 0. The van der Waals surface area contributed by atoms with E-state index in [0.717, 1.165) is 10.6 Å². The summed E-state index contributed by atoms with van der Waals surface area (Å²) in [5, 5.41) is 0. The van der Waals surface area contributed by atoms with Gasteiger partial charge in [-0.15, -0.1) is 23.1 Å². The van der Waals surface area contributed by atoms with Gasteiger partial charge in [0, 0.05) is 21.7 Å². The highest BCUT2D eigenvalue weighted by Crippen LogP contribution is 2.26.